The van der Waals surface area contributed by atoms with E-state index >= 15 is 0 Å². The molecular formula is C24H28N2O5. The number of amides is 1. The number of methoxy groups -OCH3 is 1. The number of oxime groups is 1. The van der Waals surface area contributed by atoms with Gasteiger partial charge in [0.05, 0.1) is 19.4 Å². The van der Waals surface area contributed by atoms with Gasteiger partial charge in [0.2, 0.25) is 0 Å². The maximum absolute atomic E-state index is 12.3. The third kappa shape index (κ3) is 5.48. The van der Waals surface area contributed by atoms with E-state index in [1.54, 1.807) is 7.11 Å². The number of carbonyl (C=O) groups excluding carboxylic acids is 1. The summed E-state index contributed by atoms with van der Waals surface area (Å²) in [6.07, 6.45) is 4.01. The van der Waals surface area contributed by atoms with Gasteiger partial charge in [-0.15, -0.1) is 0 Å². The largest absolute Gasteiger partial charge is 0.497 e. The molecule has 7 nitrogen and oxygen atoms in total. The Balaban J connectivity index is 1.34. The summed E-state index contributed by atoms with van der Waals surface area (Å²) in [5, 5.41) is 4.33. The van der Waals surface area contributed by atoms with Gasteiger partial charge >= 0.3 is 0 Å². The summed E-state index contributed by atoms with van der Waals surface area (Å²) >= 11 is 0. The standard InChI is InChI=1S/C24H28N2O5/c1-28-19-7-5-18(6-8-19)16-31-25-22-11-14-29-23-15-20(9-10-21(22)23)30-17-24(27)26-12-3-2-4-13-26/h5-10,15H,2-4,11-14,16-17H2,1H3. The number of hydrogen-bond donors (Lipinski definition) is 0. The zero-order chi connectivity index (χ0) is 21.5. The normalized spacial score (nSPS) is 16.9. The molecular weight excluding hydrogens is 396 g/mol. The quantitative estimate of drug-likeness (QED) is 0.633. The fourth-order valence-electron chi connectivity index (χ4n) is 3.72. The summed E-state index contributed by atoms with van der Waals surface area (Å²) in [7, 11) is 1.64. The molecule has 31 heavy (non-hydrogen) atoms. The minimum absolute atomic E-state index is 0.0347. The third-order valence-corrected chi connectivity index (χ3v) is 5.50. The van der Waals surface area contributed by atoms with Gasteiger partial charge in [-0.1, -0.05) is 17.3 Å². The molecule has 2 aromatic rings. The fraction of sp³-hybridized carbons (Fsp3) is 0.417. The average Bonchev–Trinajstić information content (AvgIpc) is 2.83. The topological polar surface area (TPSA) is 69.6 Å². The number of piperidine rings is 1. The number of fused-ring (bicyclic) bond motifs is 1. The smallest absolute Gasteiger partial charge is 0.260 e. The van der Waals surface area contributed by atoms with Crippen molar-refractivity contribution in [3.8, 4) is 17.2 Å². The van der Waals surface area contributed by atoms with Gasteiger partial charge < -0.3 is 23.9 Å². The molecule has 1 saturated heterocycles. The van der Waals surface area contributed by atoms with Gasteiger partial charge in [-0.05, 0) is 49.1 Å². The van der Waals surface area contributed by atoms with Crippen LogP contribution in [-0.4, -0.2) is 49.9 Å². The number of benzene rings is 2. The molecule has 0 atom stereocenters. The van der Waals surface area contributed by atoms with Crippen molar-refractivity contribution >= 4 is 11.6 Å². The average molecular weight is 424 g/mol. The number of rotatable bonds is 7. The van der Waals surface area contributed by atoms with Crippen molar-refractivity contribution in [3.63, 3.8) is 0 Å². The number of ether oxygens (including phenoxy) is 3. The Hall–Kier alpha value is -3.22. The lowest BCUT2D eigenvalue weighted by atomic mass is 10.0. The molecule has 0 aliphatic carbocycles. The van der Waals surface area contributed by atoms with Crippen molar-refractivity contribution in [2.45, 2.75) is 32.3 Å². The van der Waals surface area contributed by atoms with Crippen LogP contribution in [0.15, 0.2) is 47.6 Å². The molecule has 0 N–H and O–H groups in total. The highest BCUT2D eigenvalue weighted by Crippen LogP contribution is 2.30. The lowest BCUT2D eigenvalue weighted by molar-refractivity contribution is -0.134. The van der Waals surface area contributed by atoms with E-state index in [2.05, 4.69) is 5.16 Å². The predicted octanol–water partition coefficient (Wildman–Crippen LogP) is 3.79. The van der Waals surface area contributed by atoms with Crippen LogP contribution in [0, 0.1) is 0 Å². The maximum Gasteiger partial charge on any atom is 0.260 e. The molecule has 164 valence electrons. The Bertz CT molecular complexity index is 920. The zero-order valence-corrected chi connectivity index (χ0v) is 17.8. The highest BCUT2D eigenvalue weighted by Gasteiger charge is 2.20. The summed E-state index contributed by atoms with van der Waals surface area (Å²) in [4.78, 5) is 19.8. The second-order valence-corrected chi connectivity index (χ2v) is 7.65. The molecule has 0 aromatic heterocycles. The molecule has 0 spiro atoms. The van der Waals surface area contributed by atoms with E-state index < -0.39 is 0 Å². The van der Waals surface area contributed by atoms with Crippen LogP contribution in [-0.2, 0) is 16.2 Å². The molecule has 0 saturated carbocycles. The van der Waals surface area contributed by atoms with Crippen molar-refractivity contribution < 1.29 is 23.8 Å². The minimum atomic E-state index is 0.0347. The number of hydrogen-bond acceptors (Lipinski definition) is 6. The van der Waals surface area contributed by atoms with Crippen molar-refractivity contribution in [1.82, 2.24) is 4.90 Å². The summed E-state index contributed by atoms with van der Waals surface area (Å²) in [6, 6.07) is 13.3. The molecule has 2 heterocycles. The fourth-order valence-corrected chi connectivity index (χ4v) is 3.72. The Morgan fingerprint density at radius 1 is 1.06 bits per heavy atom. The number of likely N-dealkylation sites (tertiary alicyclic amines) is 1. The molecule has 2 aliphatic rings. The summed E-state index contributed by atoms with van der Waals surface area (Å²) < 4.78 is 16.7. The Morgan fingerprint density at radius 2 is 1.84 bits per heavy atom. The first-order valence-electron chi connectivity index (χ1n) is 10.7. The molecule has 0 radical (unpaired) electrons. The maximum atomic E-state index is 12.3. The second kappa shape index (κ2) is 10.2. The van der Waals surface area contributed by atoms with Gasteiger partial charge in [0.15, 0.2) is 6.61 Å². The lowest BCUT2D eigenvalue weighted by Gasteiger charge is -2.26. The van der Waals surface area contributed by atoms with Crippen molar-refractivity contribution in [2.24, 2.45) is 5.16 Å². The van der Waals surface area contributed by atoms with Gasteiger partial charge in [-0.25, -0.2) is 0 Å². The van der Waals surface area contributed by atoms with Crippen LogP contribution in [0.2, 0.25) is 0 Å². The molecule has 2 aromatic carbocycles. The molecule has 7 heteroatoms. The van der Waals surface area contributed by atoms with Gasteiger partial charge in [-0.2, -0.15) is 0 Å². The Morgan fingerprint density at radius 3 is 2.61 bits per heavy atom. The highest BCUT2D eigenvalue weighted by atomic mass is 16.6. The van der Waals surface area contributed by atoms with Crippen molar-refractivity contribution in [1.29, 1.82) is 0 Å². The van der Waals surface area contributed by atoms with Gasteiger partial charge in [0, 0.05) is 31.1 Å². The van der Waals surface area contributed by atoms with E-state index in [-0.39, 0.29) is 12.5 Å². The first-order chi connectivity index (χ1) is 15.2. The first kappa shape index (κ1) is 21.0. The van der Waals surface area contributed by atoms with Crippen molar-refractivity contribution in [3.05, 3.63) is 53.6 Å². The van der Waals surface area contributed by atoms with Crippen LogP contribution in [0.1, 0.15) is 36.8 Å². The van der Waals surface area contributed by atoms with E-state index in [0.29, 0.717) is 31.1 Å². The molecule has 0 unspecified atom stereocenters. The van der Waals surface area contributed by atoms with Crippen molar-refractivity contribution in [2.75, 3.05) is 33.4 Å². The monoisotopic (exact) mass is 424 g/mol. The van der Waals surface area contributed by atoms with Crippen LogP contribution in [0.5, 0.6) is 17.2 Å². The lowest BCUT2D eigenvalue weighted by Crippen LogP contribution is -2.38. The van der Waals surface area contributed by atoms with Crippen LogP contribution >= 0.6 is 0 Å². The van der Waals surface area contributed by atoms with Crippen LogP contribution in [0.25, 0.3) is 0 Å². The molecule has 1 fully saturated rings. The molecule has 4 rings (SSSR count). The van der Waals surface area contributed by atoms with Crippen LogP contribution < -0.4 is 14.2 Å². The predicted molar refractivity (Wildman–Crippen MR) is 117 cm³/mol. The summed E-state index contributed by atoms with van der Waals surface area (Å²) in [6.45, 7) is 2.60. The van der Waals surface area contributed by atoms with E-state index in [4.69, 9.17) is 19.0 Å². The zero-order valence-electron chi connectivity index (χ0n) is 17.8. The minimum Gasteiger partial charge on any atom is -0.497 e. The van der Waals surface area contributed by atoms with Crippen LogP contribution in [0.4, 0.5) is 0 Å². The number of nitrogens with zero attached hydrogens (tertiary/aromatic N) is 2. The SMILES string of the molecule is COc1ccc(CON=C2CCOc3cc(OCC(=O)N4CCCCC4)ccc32)cc1. The van der Waals surface area contributed by atoms with E-state index in [9.17, 15) is 4.79 Å². The number of carbonyl (C=O) groups is 1. The summed E-state index contributed by atoms with van der Waals surface area (Å²) in [5.74, 6) is 2.15. The Kier molecular flexibility index (Phi) is 6.92. The van der Waals surface area contributed by atoms with E-state index in [1.807, 2.05) is 47.4 Å². The highest BCUT2D eigenvalue weighted by molar-refractivity contribution is 6.03. The third-order valence-electron chi connectivity index (χ3n) is 5.50. The summed E-state index contributed by atoms with van der Waals surface area (Å²) in [5.41, 5.74) is 2.74. The second-order valence-electron chi connectivity index (χ2n) is 7.65. The molecule has 2 aliphatic heterocycles. The van der Waals surface area contributed by atoms with Gasteiger partial charge in [0.1, 0.15) is 23.9 Å². The molecule has 1 amide bonds. The Labute approximate surface area is 182 Å². The first-order valence-corrected chi connectivity index (χ1v) is 10.7. The van der Waals surface area contributed by atoms with Crippen LogP contribution in [0.3, 0.4) is 0 Å². The molecule has 0 bridgehead atoms. The van der Waals surface area contributed by atoms with E-state index in [1.165, 1.54) is 6.42 Å². The van der Waals surface area contributed by atoms with Gasteiger partial charge in [0.25, 0.3) is 5.91 Å². The van der Waals surface area contributed by atoms with Gasteiger partial charge in [-0.3, -0.25) is 4.79 Å². The van der Waals surface area contributed by atoms with E-state index in [0.717, 1.165) is 48.5 Å².